The maximum atomic E-state index is 12.2. The average molecular weight is 370 g/mol. The van der Waals surface area contributed by atoms with Crippen LogP contribution in [0.25, 0.3) is 0 Å². The molecule has 1 saturated carbocycles. The van der Waals surface area contributed by atoms with E-state index in [1.807, 2.05) is 6.92 Å². The normalized spacial score (nSPS) is 25.3. The summed E-state index contributed by atoms with van der Waals surface area (Å²) in [6.45, 7) is 2.39. The van der Waals surface area contributed by atoms with E-state index in [0.717, 1.165) is 0 Å². The van der Waals surface area contributed by atoms with Crippen molar-refractivity contribution in [2.45, 2.75) is 38.0 Å². The molecule has 4 nitrogen and oxygen atoms in total. The lowest BCUT2D eigenvalue weighted by molar-refractivity contribution is -0.274. The second kappa shape index (κ2) is 6.41. The summed E-state index contributed by atoms with van der Waals surface area (Å²) in [5, 5.41) is 0. The second-order valence-electron chi connectivity index (χ2n) is 4.62. The number of benzene rings is 1. The van der Waals surface area contributed by atoms with Gasteiger partial charge in [0.2, 0.25) is 0 Å². The first kappa shape index (κ1) is 16.4. The van der Waals surface area contributed by atoms with Gasteiger partial charge in [0.1, 0.15) is 23.7 Å². The van der Waals surface area contributed by atoms with Crippen molar-refractivity contribution in [2.75, 3.05) is 6.61 Å². The van der Waals surface area contributed by atoms with Crippen molar-refractivity contribution in [2.24, 2.45) is 5.73 Å². The number of rotatable bonds is 5. The van der Waals surface area contributed by atoms with Gasteiger partial charge in [0.25, 0.3) is 0 Å². The number of alkyl halides is 3. The minimum absolute atomic E-state index is 0.0776. The standard InChI is InChI=1S/C13H15BrF3NO3/c1-2-19-12-9(18)6-11(12)20-7-3-4-10(8(14)5-7)21-13(15,16)17/h3-5,9,11-12H,2,6,18H2,1H3. The van der Waals surface area contributed by atoms with Gasteiger partial charge in [0, 0.05) is 19.1 Å². The van der Waals surface area contributed by atoms with E-state index in [9.17, 15) is 13.2 Å². The van der Waals surface area contributed by atoms with Crippen molar-refractivity contribution in [3.05, 3.63) is 22.7 Å². The molecule has 0 amide bonds. The molecular weight excluding hydrogens is 355 g/mol. The molecule has 1 aliphatic rings. The second-order valence-corrected chi connectivity index (χ2v) is 5.47. The first-order valence-electron chi connectivity index (χ1n) is 6.39. The van der Waals surface area contributed by atoms with Gasteiger partial charge in [-0.2, -0.15) is 0 Å². The van der Waals surface area contributed by atoms with Crippen LogP contribution < -0.4 is 15.2 Å². The summed E-state index contributed by atoms with van der Waals surface area (Å²) in [4.78, 5) is 0. The Morgan fingerprint density at radius 2 is 2.10 bits per heavy atom. The van der Waals surface area contributed by atoms with Gasteiger partial charge in [-0.25, -0.2) is 0 Å². The molecule has 0 bridgehead atoms. The van der Waals surface area contributed by atoms with E-state index in [1.165, 1.54) is 18.2 Å². The number of hydrogen-bond donors (Lipinski definition) is 1. The third kappa shape index (κ3) is 4.24. The molecule has 118 valence electrons. The molecule has 0 heterocycles. The lowest BCUT2D eigenvalue weighted by atomic mass is 9.86. The monoisotopic (exact) mass is 369 g/mol. The van der Waals surface area contributed by atoms with Crippen LogP contribution in [-0.2, 0) is 4.74 Å². The summed E-state index contributed by atoms with van der Waals surface area (Å²) in [6, 6.07) is 3.96. The zero-order valence-corrected chi connectivity index (χ0v) is 12.8. The Morgan fingerprint density at radius 3 is 2.62 bits per heavy atom. The van der Waals surface area contributed by atoms with Crippen molar-refractivity contribution >= 4 is 15.9 Å². The van der Waals surface area contributed by atoms with Gasteiger partial charge in [0.15, 0.2) is 0 Å². The summed E-state index contributed by atoms with van der Waals surface area (Å²) < 4.78 is 51.7. The van der Waals surface area contributed by atoms with E-state index in [4.69, 9.17) is 15.2 Å². The number of halogens is 4. The van der Waals surface area contributed by atoms with E-state index in [1.54, 1.807) is 0 Å². The molecule has 0 aromatic heterocycles. The van der Waals surface area contributed by atoms with Crippen LogP contribution in [0, 0.1) is 0 Å². The molecule has 0 saturated heterocycles. The fraction of sp³-hybridized carbons (Fsp3) is 0.538. The fourth-order valence-corrected chi connectivity index (χ4v) is 2.53. The van der Waals surface area contributed by atoms with Gasteiger partial charge >= 0.3 is 6.36 Å². The molecule has 0 aliphatic heterocycles. The third-order valence-corrected chi connectivity index (χ3v) is 3.69. The molecule has 1 aromatic carbocycles. The highest BCUT2D eigenvalue weighted by Gasteiger charge is 2.41. The Labute approximate surface area is 128 Å². The quantitative estimate of drug-likeness (QED) is 0.865. The number of hydrogen-bond acceptors (Lipinski definition) is 4. The molecule has 0 spiro atoms. The molecule has 3 unspecified atom stereocenters. The number of ether oxygens (including phenoxy) is 3. The first-order chi connectivity index (χ1) is 9.80. The van der Waals surface area contributed by atoms with Crippen LogP contribution in [0.15, 0.2) is 22.7 Å². The predicted octanol–water partition coefficient (Wildman–Crippen LogP) is 3.23. The third-order valence-electron chi connectivity index (χ3n) is 3.07. The van der Waals surface area contributed by atoms with Crippen molar-refractivity contribution in [1.29, 1.82) is 0 Å². The highest BCUT2D eigenvalue weighted by Crippen LogP contribution is 2.35. The Morgan fingerprint density at radius 1 is 1.38 bits per heavy atom. The molecule has 2 rings (SSSR count). The zero-order valence-electron chi connectivity index (χ0n) is 11.2. The van der Waals surface area contributed by atoms with Gasteiger partial charge in [0.05, 0.1) is 4.47 Å². The van der Waals surface area contributed by atoms with Crippen LogP contribution in [0.4, 0.5) is 13.2 Å². The van der Waals surface area contributed by atoms with Crippen molar-refractivity contribution < 1.29 is 27.4 Å². The molecule has 2 N–H and O–H groups in total. The molecule has 0 radical (unpaired) electrons. The first-order valence-corrected chi connectivity index (χ1v) is 7.18. The summed E-state index contributed by atoms with van der Waals surface area (Å²) in [5.41, 5.74) is 5.82. The van der Waals surface area contributed by atoms with Crippen LogP contribution in [0.5, 0.6) is 11.5 Å². The highest BCUT2D eigenvalue weighted by atomic mass is 79.9. The minimum atomic E-state index is -4.73. The van der Waals surface area contributed by atoms with Gasteiger partial charge in [-0.1, -0.05) is 0 Å². The van der Waals surface area contributed by atoms with E-state index >= 15 is 0 Å². The van der Waals surface area contributed by atoms with E-state index in [0.29, 0.717) is 18.8 Å². The SMILES string of the molecule is CCOC1C(N)CC1Oc1ccc(OC(F)(F)F)c(Br)c1. The van der Waals surface area contributed by atoms with Gasteiger partial charge < -0.3 is 19.9 Å². The van der Waals surface area contributed by atoms with E-state index < -0.39 is 6.36 Å². The van der Waals surface area contributed by atoms with Crippen molar-refractivity contribution in [3.8, 4) is 11.5 Å². The van der Waals surface area contributed by atoms with Crippen LogP contribution in [-0.4, -0.2) is 31.2 Å². The Bertz CT molecular complexity index is 498. The lowest BCUT2D eigenvalue weighted by Gasteiger charge is -2.41. The van der Waals surface area contributed by atoms with Crippen LogP contribution in [0.2, 0.25) is 0 Å². The summed E-state index contributed by atoms with van der Waals surface area (Å²) in [6.07, 6.45) is -4.48. The number of nitrogens with two attached hydrogens (primary N) is 1. The molecule has 1 aliphatic carbocycles. The maximum Gasteiger partial charge on any atom is 0.573 e. The highest BCUT2D eigenvalue weighted by molar-refractivity contribution is 9.10. The van der Waals surface area contributed by atoms with E-state index in [2.05, 4.69) is 20.7 Å². The zero-order chi connectivity index (χ0) is 15.6. The largest absolute Gasteiger partial charge is 0.573 e. The van der Waals surface area contributed by atoms with Crippen LogP contribution in [0.1, 0.15) is 13.3 Å². The topological polar surface area (TPSA) is 53.7 Å². The summed E-state index contributed by atoms with van der Waals surface area (Å²) in [5.74, 6) is 0.111. The van der Waals surface area contributed by atoms with Crippen molar-refractivity contribution in [1.82, 2.24) is 0 Å². The smallest absolute Gasteiger partial charge is 0.488 e. The van der Waals surface area contributed by atoms with E-state index in [-0.39, 0.29) is 28.5 Å². The fourth-order valence-electron chi connectivity index (χ4n) is 2.09. The summed E-state index contributed by atoms with van der Waals surface area (Å²) in [7, 11) is 0. The summed E-state index contributed by atoms with van der Waals surface area (Å²) >= 11 is 3.03. The minimum Gasteiger partial charge on any atom is -0.488 e. The van der Waals surface area contributed by atoms with Crippen molar-refractivity contribution in [3.63, 3.8) is 0 Å². The molecule has 1 fully saturated rings. The van der Waals surface area contributed by atoms with Gasteiger partial charge in [-0.15, -0.1) is 13.2 Å². The Kier molecular flexibility index (Phi) is 5.00. The molecular formula is C13H15BrF3NO3. The van der Waals surface area contributed by atoms with Crippen LogP contribution in [0.3, 0.4) is 0 Å². The average Bonchev–Trinajstić information content (AvgIpc) is 2.37. The van der Waals surface area contributed by atoms with Crippen LogP contribution >= 0.6 is 15.9 Å². The molecule has 21 heavy (non-hydrogen) atoms. The Hall–Kier alpha value is -0.990. The predicted molar refractivity (Wildman–Crippen MR) is 73.2 cm³/mol. The van der Waals surface area contributed by atoms with Gasteiger partial charge in [-0.05, 0) is 41.1 Å². The lowest BCUT2D eigenvalue weighted by Crippen LogP contribution is -2.59. The molecule has 8 heteroatoms. The maximum absolute atomic E-state index is 12.2. The Balaban J connectivity index is 2.01. The molecule has 3 atom stereocenters. The molecule has 1 aromatic rings. The van der Waals surface area contributed by atoms with Gasteiger partial charge in [-0.3, -0.25) is 0 Å².